The van der Waals surface area contributed by atoms with Crippen molar-refractivity contribution in [1.29, 1.82) is 0 Å². The molecule has 1 atom stereocenters. The lowest BCUT2D eigenvalue weighted by molar-refractivity contribution is -0.145. The summed E-state index contributed by atoms with van der Waals surface area (Å²) in [5.41, 5.74) is 7.27. The van der Waals surface area contributed by atoms with E-state index in [1.165, 1.54) is 0 Å². The van der Waals surface area contributed by atoms with Crippen molar-refractivity contribution in [2.75, 3.05) is 0 Å². The van der Waals surface area contributed by atoms with Gasteiger partial charge >= 0.3 is 12.0 Å². The van der Waals surface area contributed by atoms with Crippen LogP contribution >= 0.6 is 11.6 Å². The average Bonchev–Trinajstić information content (AvgIpc) is 3.02. The first-order valence-electron chi connectivity index (χ1n) is 7.91. The summed E-state index contributed by atoms with van der Waals surface area (Å²) < 4.78 is 7.04. The first-order valence-corrected chi connectivity index (χ1v) is 8.29. The molecule has 0 saturated heterocycles. The van der Waals surface area contributed by atoms with E-state index >= 15 is 0 Å². The van der Waals surface area contributed by atoms with E-state index in [0.29, 0.717) is 16.4 Å². The number of primary amides is 1. The van der Waals surface area contributed by atoms with Gasteiger partial charge in [-0.25, -0.2) is 9.78 Å². The van der Waals surface area contributed by atoms with Crippen LogP contribution in [0.2, 0.25) is 5.02 Å². The Bertz CT molecular complexity index is 927. The summed E-state index contributed by atoms with van der Waals surface area (Å²) in [5, 5.41) is 3.14. The van der Waals surface area contributed by atoms with Gasteiger partial charge in [0, 0.05) is 12.4 Å². The predicted octanol–water partition coefficient (Wildman–Crippen LogP) is 2.83. The zero-order valence-electron chi connectivity index (χ0n) is 13.8. The van der Waals surface area contributed by atoms with E-state index in [-0.39, 0.29) is 13.0 Å². The number of ether oxygens (including phenoxy) is 1. The van der Waals surface area contributed by atoms with Crippen LogP contribution in [0.15, 0.2) is 54.9 Å². The van der Waals surface area contributed by atoms with Crippen LogP contribution in [0.25, 0.3) is 5.65 Å². The van der Waals surface area contributed by atoms with Gasteiger partial charge in [-0.05, 0) is 17.7 Å². The molecule has 2 aromatic heterocycles. The molecule has 1 aromatic carbocycles. The second-order valence-corrected chi connectivity index (χ2v) is 6.12. The molecule has 0 aliphatic carbocycles. The molecule has 7 nitrogen and oxygen atoms in total. The first kappa shape index (κ1) is 17.8. The number of urea groups is 1. The van der Waals surface area contributed by atoms with Crippen LogP contribution in [0.3, 0.4) is 0 Å². The van der Waals surface area contributed by atoms with E-state index in [1.54, 1.807) is 41.1 Å². The summed E-state index contributed by atoms with van der Waals surface area (Å²) in [6.45, 7) is 0.0240. The number of carbonyl (C=O) groups excluding carboxylic acids is 2. The van der Waals surface area contributed by atoms with E-state index in [2.05, 4.69) is 10.3 Å². The number of benzene rings is 1. The molecule has 3 aromatic rings. The van der Waals surface area contributed by atoms with Crippen LogP contribution in [0.1, 0.15) is 23.7 Å². The highest BCUT2D eigenvalue weighted by molar-refractivity contribution is 6.30. The Labute approximate surface area is 154 Å². The molecule has 3 rings (SSSR count). The Hall–Kier alpha value is -3.06. The molecule has 0 aliphatic heterocycles. The number of nitrogens with one attached hydrogen (secondary N) is 1. The number of halogens is 1. The second-order valence-electron chi connectivity index (χ2n) is 5.68. The molecule has 0 radical (unpaired) electrons. The second kappa shape index (κ2) is 7.88. The first-order chi connectivity index (χ1) is 12.5. The highest BCUT2D eigenvalue weighted by atomic mass is 35.5. The van der Waals surface area contributed by atoms with Crippen molar-refractivity contribution in [3.8, 4) is 0 Å². The summed E-state index contributed by atoms with van der Waals surface area (Å²) in [5.74, 6) is -0.470. The van der Waals surface area contributed by atoms with Gasteiger partial charge in [-0.2, -0.15) is 0 Å². The normalized spacial score (nSPS) is 11.9. The average molecular weight is 373 g/mol. The third-order valence-corrected chi connectivity index (χ3v) is 3.96. The molecule has 0 bridgehead atoms. The Morgan fingerprint density at radius 1 is 1.19 bits per heavy atom. The van der Waals surface area contributed by atoms with Crippen LogP contribution in [-0.2, 0) is 16.1 Å². The summed E-state index contributed by atoms with van der Waals surface area (Å²) in [6.07, 6.45) is 3.43. The van der Waals surface area contributed by atoms with Crippen molar-refractivity contribution < 1.29 is 14.3 Å². The van der Waals surface area contributed by atoms with Gasteiger partial charge in [0.25, 0.3) is 0 Å². The maximum atomic E-state index is 12.2. The van der Waals surface area contributed by atoms with Crippen LogP contribution in [0.4, 0.5) is 4.79 Å². The van der Waals surface area contributed by atoms with Crippen molar-refractivity contribution in [2.24, 2.45) is 5.73 Å². The number of nitrogens with two attached hydrogens (primary N) is 1. The van der Waals surface area contributed by atoms with E-state index < -0.39 is 18.0 Å². The fraction of sp³-hybridized carbons (Fsp3) is 0.167. The third kappa shape index (κ3) is 4.52. The van der Waals surface area contributed by atoms with Crippen molar-refractivity contribution in [3.63, 3.8) is 0 Å². The lowest BCUT2D eigenvalue weighted by Crippen LogP contribution is -2.34. The van der Waals surface area contributed by atoms with Gasteiger partial charge in [0.05, 0.1) is 23.2 Å². The minimum absolute atomic E-state index is 0.0240. The topological polar surface area (TPSA) is 98.7 Å². The fourth-order valence-corrected chi connectivity index (χ4v) is 2.74. The fourth-order valence-electron chi connectivity index (χ4n) is 2.58. The van der Waals surface area contributed by atoms with Gasteiger partial charge in [0.1, 0.15) is 12.3 Å². The van der Waals surface area contributed by atoms with E-state index in [9.17, 15) is 9.59 Å². The number of imidazole rings is 1. The molecule has 0 fully saturated rings. The molecule has 0 spiro atoms. The number of rotatable bonds is 6. The number of nitrogens with zero attached hydrogens (tertiary/aromatic N) is 2. The number of amides is 2. The van der Waals surface area contributed by atoms with Gasteiger partial charge in [-0.1, -0.05) is 41.9 Å². The molecule has 0 saturated carbocycles. The summed E-state index contributed by atoms with van der Waals surface area (Å²) in [7, 11) is 0. The number of esters is 1. The molecule has 2 amide bonds. The van der Waals surface area contributed by atoms with Crippen LogP contribution in [-0.4, -0.2) is 21.4 Å². The Balaban J connectivity index is 1.63. The van der Waals surface area contributed by atoms with Crippen LogP contribution in [0, 0.1) is 0 Å². The zero-order chi connectivity index (χ0) is 18.5. The van der Waals surface area contributed by atoms with Gasteiger partial charge in [0.2, 0.25) is 0 Å². The quantitative estimate of drug-likeness (QED) is 0.650. The molecule has 0 unspecified atom stereocenters. The highest BCUT2D eigenvalue weighted by Crippen LogP contribution is 2.18. The SMILES string of the molecule is NC(=O)N[C@H](CC(=O)OCc1cn2cc(Cl)ccc2n1)c1ccccc1. The van der Waals surface area contributed by atoms with Crippen molar-refractivity contribution in [1.82, 2.24) is 14.7 Å². The predicted molar refractivity (Wildman–Crippen MR) is 96.5 cm³/mol. The van der Waals surface area contributed by atoms with E-state index in [1.807, 2.05) is 18.2 Å². The van der Waals surface area contributed by atoms with Gasteiger partial charge in [0.15, 0.2) is 0 Å². The molecule has 2 heterocycles. The summed E-state index contributed by atoms with van der Waals surface area (Å²) >= 11 is 5.93. The Morgan fingerprint density at radius 3 is 2.69 bits per heavy atom. The number of hydrogen-bond donors (Lipinski definition) is 2. The molecule has 26 heavy (non-hydrogen) atoms. The van der Waals surface area contributed by atoms with Crippen molar-refractivity contribution in [3.05, 3.63) is 71.1 Å². The third-order valence-electron chi connectivity index (χ3n) is 3.74. The smallest absolute Gasteiger partial charge is 0.312 e. The monoisotopic (exact) mass is 372 g/mol. The molecule has 134 valence electrons. The maximum Gasteiger partial charge on any atom is 0.312 e. The van der Waals surface area contributed by atoms with E-state index in [4.69, 9.17) is 22.1 Å². The molecule has 8 heteroatoms. The number of carbonyl (C=O) groups is 2. The molecule has 3 N–H and O–H groups in total. The number of hydrogen-bond acceptors (Lipinski definition) is 4. The maximum absolute atomic E-state index is 12.2. The summed E-state index contributed by atoms with van der Waals surface area (Å²) in [6, 6.07) is 11.3. The lowest BCUT2D eigenvalue weighted by Gasteiger charge is -2.17. The minimum Gasteiger partial charge on any atom is -0.459 e. The van der Waals surface area contributed by atoms with Crippen LogP contribution < -0.4 is 11.1 Å². The molecule has 0 aliphatic rings. The van der Waals surface area contributed by atoms with Crippen LogP contribution in [0.5, 0.6) is 0 Å². The number of aromatic nitrogens is 2. The molecular weight excluding hydrogens is 356 g/mol. The highest BCUT2D eigenvalue weighted by Gasteiger charge is 2.18. The minimum atomic E-state index is -0.705. The van der Waals surface area contributed by atoms with E-state index in [0.717, 1.165) is 5.56 Å². The standard InChI is InChI=1S/C18H17ClN4O3/c19-13-6-7-16-21-14(10-23(16)9-13)11-26-17(24)8-15(22-18(20)25)12-4-2-1-3-5-12/h1-7,9-10,15H,8,11H2,(H3,20,22,25)/t15-/m1/s1. The van der Waals surface area contributed by atoms with Gasteiger partial charge < -0.3 is 20.2 Å². The number of fused-ring (bicyclic) bond motifs is 1. The van der Waals surface area contributed by atoms with Crippen molar-refractivity contribution >= 4 is 29.2 Å². The zero-order valence-corrected chi connectivity index (χ0v) is 14.5. The van der Waals surface area contributed by atoms with Gasteiger partial charge in [-0.15, -0.1) is 0 Å². The number of pyridine rings is 1. The summed E-state index contributed by atoms with van der Waals surface area (Å²) in [4.78, 5) is 27.7. The molecular formula is C18H17ClN4O3. The lowest BCUT2D eigenvalue weighted by atomic mass is 10.0. The Kier molecular flexibility index (Phi) is 5.38. The van der Waals surface area contributed by atoms with Gasteiger partial charge in [-0.3, -0.25) is 4.79 Å². The Morgan fingerprint density at radius 2 is 1.96 bits per heavy atom. The largest absolute Gasteiger partial charge is 0.459 e. The van der Waals surface area contributed by atoms with Crippen molar-refractivity contribution in [2.45, 2.75) is 19.1 Å².